The van der Waals surface area contributed by atoms with E-state index in [1.165, 1.54) is 0 Å². The molecule has 23 heavy (non-hydrogen) atoms. The average Bonchev–Trinajstić information content (AvgIpc) is 2.53. The topological polar surface area (TPSA) is 67.8 Å². The van der Waals surface area contributed by atoms with Crippen LogP contribution < -0.4 is 15.4 Å². The van der Waals surface area contributed by atoms with Gasteiger partial charge in [-0.05, 0) is 24.5 Å². The molecular formula is C16H29IN4O2. The van der Waals surface area contributed by atoms with Crippen LogP contribution in [0.3, 0.4) is 0 Å². The van der Waals surface area contributed by atoms with Gasteiger partial charge in [-0.25, -0.2) is 0 Å². The van der Waals surface area contributed by atoms with Crippen molar-refractivity contribution in [3.8, 4) is 5.75 Å². The number of guanidine groups is 1. The predicted molar refractivity (Wildman–Crippen MR) is 105 cm³/mol. The van der Waals surface area contributed by atoms with Crippen molar-refractivity contribution in [1.29, 1.82) is 0 Å². The van der Waals surface area contributed by atoms with Crippen LogP contribution in [0.2, 0.25) is 0 Å². The van der Waals surface area contributed by atoms with Crippen molar-refractivity contribution in [2.45, 2.75) is 20.3 Å². The molecule has 0 aliphatic heterocycles. The second-order valence-electron chi connectivity index (χ2n) is 5.29. The lowest BCUT2D eigenvalue weighted by Gasteiger charge is -2.12. The average molecular weight is 436 g/mol. The van der Waals surface area contributed by atoms with E-state index in [-0.39, 0.29) is 24.0 Å². The minimum atomic E-state index is 0. The lowest BCUT2D eigenvalue weighted by atomic mass is 10.2. The Balaban J connectivity index is 0.00000484. The molecule has 1 heterocycles. The van der Waals surface area contributed by atoms with Gasteiger partial charge in [0.1, 0.15) is 12.4 Å². The molecule has 0 unspecified atom stereocenters. The van der Waals surface area contributed by atoms with E-state index in [0.717, 1.165) is 37.9 Å². The molecule has 0 atom stereocenters. The van der Waals surface area contributed by atoms with Gasteiger partial charge >= 0.3 is 0 Å². The van der Waals surface area contributed by atoms with E-state index in [1.54, 1.807) is 19.4 Å². The maximum absolute atomic E-state index is 5.55. The number of hydrogen-bond donors (Lipinski definition) is 2. The SMILES string of the molecule is CN=C(NCCCOCC(C)C)NCCOc1cccnc1.I. The number of pyridine rings is 1. The van der Waals surface area contributed by atoms with Crippen LogP contribution in [0.25, 0.3) is 0 Å². The Labute approximate surface area is 156 Å². The Bertz CT molecular complexity index is 416. The molecule has 0 radical (unpaired) electrons. The molecule has 1 aromatic heterocycles. The number of nitrogens with zero attached hydrogens (tertiary/aromatic N) is 2. The molecule has 0 fully saturated rings. The van der Waals surface area contributed by atoms with Crippen LogP contribution in [0.15, 0.2) is 29.5 Å². The molecule has 1 rings (SSSR count). The molecule has 132 valence electrons. The zero-order valence-electron chi connectivity index (χ0n) is 14.2. The van der Waals surface area contributed by atoms with E-state index in [1.807, 2.05) is 12.1 Å². The zero-order valence-corrected chi connectivity index (χ0v) is 16.6. The van der Waals surface area contributed by atoms with Crippen LogP contribution in [0, 0.1) is 5.92 Å². The Morgan fingerprint density at radius 2 is 2.04 bits per heavy atom. The van der Waals surface area contributed by atoms with Crippen LogP contribution in [0.1, 0.15) is 20.3 Å². The lowest BCUT2D eigenvalue weighted by molar-refractivity contribution is 0.108. The molecule has 7 heteroatoms. The smallest absolute Gasteiger partial charge is 0.191 e. The highest BCUT2D eigenvalue weighted by atomic mass is 127. The second kappa shape index (κ2) is 14.5. The van der Waals surface area contributed by atoms with Crippen molar-refractivity contribution in [2.24, 2.45) is 10.9 Å². The number of hydrogen-bond acceptors (Lipinski definition) is 4. The summed E-state index contributed by atoms with van der Waals surface area (Å²) >= 11 is 0. The molecule has 0 aromatic carbocycles. The summed E-state index contributed by atoms with van der Waals surface area (Å²) in [6.07, 6.45) is 4.38. The van der Waals surface area contributed by atoms with E-state index in [9.17, 15) is 0 Å². The highest BCUT2D eigenvalue weighted by Gasteiger charge is 1.98. The number of halogens is 1. The van der Waals surface area contributed by atoms with E-state index in [2.05, 4.69) is 34.5 Å². The Kier molecular flexibility index (Phi) is 13.8. The number of nitrogens with one attached hydrogen (secondary N) is 2. The van der Waals surface area contributed by atoms with Gasteiger partial charge < -0.3 is 20.1 Å². The van der Waals surface area contributed by atoms with Crippen LogP contribution in [0.5, 0.6) is 5.75 Å². The van der Waals surface area contributed by atoms with Crippen molar-refractivity contribution in [1.82, 2.24) is 15.6 Å². The molecule has 0 amide bonds. The first-order valence-electron chi connectivity index (χ1n) is 7.77. The predicted octanol–water partition coefficient (Wildman–Crippen LogP) is 2.31. The van der Waals surface area contributed by atoms with Crippen LogP contribution in [0.4, 0.5) is 0 Å². The first-order valence-corrected chi connectivity index (χ1v) is 7.77. The molecule has 0 spiro atoms. The van der Waals surface area contributed by atoms with Gasteiger partial charge in [0.15, 0.2) is 5.96 Å². The summed E-state index contributed by atoms with van der Waals surface area (Å²) in [7, 11) is 1.76. The molecule has 0 aliphatic rings. The van der Waals surface area contributed by atoms with E-state index < -0.39 is 0 Å². The van der Waals surface area contributed by atoms with Gasteiger partial charge in [-0.2, -0.15) is 0 Å². The van der Waals surface area contributed by atoms with Gasteiger partial charge in [0.05, 0.1) is 12.7 Å². The third-order valence-corrected chi connectivity index (χ3v) is 2.73. The minimum absolute atomic E-state index is 0. The molecule has 0 bridgehead atoms. The summed E-state index contributed by atoms with van der Waals surface area (Å²) in [6, 6.07) is 3.74. The van der Waals surface area contributed by atoms with Crippen molar-refractivity contribution in [3.05, 3.63) is 24.5 Å². The van der Waals surface area contributed by atoms with Crippen LogP contribution >= 0.6 is 24.0 Å². The summed E-state index contributed by atoms with van der Waals surface area (Å²) in [5.41, 5.74) is 0. The molecule has 0 saturated carbocycles. The monoisotopic (exact) mass is 436 g/mol. The third kappa shape index (κ3) is 12.1. The van der Waals surface area contributed by atoms with E-state index in [0.29, 0.717) is 19.1 Å². The highest BCUT2D eigenvalue weighted by Crippen LogP contribution is 2.04. The first kappa shape index (κ1) is 21.9. The van der Waals surface area contributed by atoms with Gasteiger partial charge in [-0.3, -0.25) is 9.98 Å². The molecule has 6 nitrogen and oxygen atoms in total. The van der Waals surface area contributed by atoms with Crippen molar-refractivity contribution in [3.63, 3.8) is 0 Å². The van der Waals surface area contributed by atoms with Gasteiger partial charge in [0.25, 0.3) is 0 Å². The molecular weight excluding hydrogens is 407 g/mol. The van der Waals surface area contributed by atoms with Gasteiger partial charge in [-0.1, -0.05) is 13.8 Å². The largest absolute Gasteiger partial charge is 0.490 e. The van der Waals surface area contributed by atoms with E-state index in [4.69, 9.17) is 9.47 Å². The van der Waals surface area contributed by atoms with Crippen LogP contribution in [-0.4, -0.2) is 50.9 Å². The summed E-state index contributed by atoms with van der Waals surface area (Å²) in [6.45, 7) is 7.96. The fourth-order valence-electron chi connectivity index (χ4n) is 1.69. The number of rotatable bonds is 10. The number of aliphatic imine (C=N–C) groups is 1. The second-order valence-corrected chi connectivity index (χ2v) is 5.29. The molecule has 0 saturated heterocycles. The van der Waals surface area contributed by atoms with Gasteiger partial charge in [-0.15, -0.1) is 24.0 Å². The van der Waals surface area contributed by atoms with Gasteiger partial charge in [0, 0.05) is 33.0 Å². The van der Waals surface area contributed by atoms with Gasteiger partial charge in [0.2, 0.25) is 0 Å². The van der Waals surface area contributed by atoms with Crippen molar-refractivity contribution >= 4 is 29.9 Å². The summed E-state index contributed by atoms with van der Waals surface area (Å²) in [5.74, 6) is 2.13. The summed E-state index contributed by atoms with van der Waals surface area (Å²) in [5, 5.41) is 6.45. The molecule has 0 aliphatic carbocycles. The maximum atomic E-state index is 5.55. The summed E-state index contributed by atoms with van der Waals surface area (Å²) < 4.78 is 11.1. The first-order chi connectivity index (χ1) is 10.7. The standard InChI is InChI=1S/C16H28N4O2.HI/c1-14(2)13-21-10-5-8-19-16(17-3)20-9-11-22-15-6-4-7-18-12-15;/h4,6-7,12,14H,5,8-11,13H2,1-3H3,(H2,17,19,20);1H. The quantitative estimate of drug-likeness (QED) is 0.255. The van der Waals surface area contributed by atoms with E-state index >= 15 is 0 Å². The van der Waals surface area contributed by atoms with Crippen molar-refractivity contribution < 1.29 is 9.47 Å². The Hall–Kier alpha value is -1.09. The fourth-order valence-corrected chi connectivity index (χ4v) is 1.69. The maximum Gasteiger partial charge on any atom is 0.191 e. The zero-order chi connectivity index (χ0) is 16.0. The Morgan fingerprint density at radius 1 is 1.26 bits per heavy atom. The number of aromatic nitrogens is 1. The minimum Gasteiger partial charge on any atom is -0.490 e. The van der Waals surface area contributed by atoms with Crippen molar-refractivity contribution in [2.75, 3.05) is 40.0 Å². The number of ether oxygens (including phenoxy) is 2. The highest BCUT2D eigenvalue weighted by molar-refractivity contribution is 14.0. The normalized spacial score (nSPS) is 11.0. The van der Waals surface area contributed by atoms with Crippen LogP contribution in [-0.2, 0) is 4.74 Å². The summed E-state index contributed by atoms with van der Waals surface area (Å²) in [4.78, 5) is 8.16. The third-order valence-electron chi connectivity index (χ3n) is 2.73. The lowest BCUT2D eigenvalue weighted by Crippen LogP contribution is -2.39. The molecule has 1 aromatic rings. The fraction of sp³-hybridized carbons (Fsp3) is 0.625. The molecule has 2 N–H and O–H groups in total. The Morgan fingerprint density at radius 3 is 2.70 bits per heavy atom.